The average Bonchev–Trinajstić information content (AvgIpc) is 3.51. The van der Waals surface area contributed by atoms with E-state index in [0.717, 1.165) is 6.42 Å². The summed E-state index contributed by atoms with van der Waals surface area (Å²) in [7, 11) is 0. The van der Waals surface area contributed by atoms with Crippen LogP contribution in [0.3, 0.4) is 0 Å². The molecule has 1 aliphatic rings. The van der Waals surface area contributed by atoms with Gasteiger partial charge in [0.05, 0.1) is 0 Å². The number of fused-ring (bicyclic) bond motifs is 5. The Hall–Kier alpha value is -4.76. The second kappa shape index (κ2) is 10.2. The summed E-state index contributed by atoms with van der Waals surface area (Å²) < 4.78 is 2.76. The predicted octanol–water partition coefficient (Wildman–Crippen LogP) is 13.2. The van der Waals surface area contributed by atoms with Crippen LogP contribution in [0.2, 0.25) is 0 Å². The van der Waals surface area contributed by atoms with Crippen LogP contribution in [0.1, 0.15) is 22.4 Å². The molecular formula is C42H28S2. The van der Waals surface area contributed by atoms with Gasteiger partial charge in [-0.3, -0.25) is 0 Å². The van der Waals surface area contributed by atoms with E-state index >= 15 is 0 Å². The standard InChI is InChI=1S/C42H28S2/c1-26-21-39-40(43-26)25-38(44-39)31-19-20-36-37(24-31)42(33-18-16-27-9-3-2-4-11-29(27)23-33)35-14-8-7-13-34(35)41(36)32-17-15-28-10-5-6-12-30(28)22-32/h3-25H,2H2,1H3. The van der Waals surface area contributed by atoms with Gasteiger partial charge in [-0.05, 0) is 115 Å². The summed E-state index contributed by atoms with van der Waals surface area (Å²) in [6.07, 6.45) is 9.99. The number of hydrogen-bond donors (Lipinski definition) is 0. The lowest BCUT2D eigenvalue weighted by Crippen LogP contribution is -1.92. The van der Waals surface area contributed by atoms with Gasteiger partial charge >= 0.3 is 0 Å². The van der Waals surface area contributed by atoms with Crippen LogP contribution in [0.25, 0.3) is 86.6 Å². The maximum atomic E-state index is 2.45. The first-order valence-electron chi connectivity index (χ1n) is 15.2. The molecule has 2 heteroatoms. The van der Waals surface area contributed by atoms with Crippen LogP contribution in [0, 0.1) is 6.92 Å². The molecule has 0 atom stereocenters. The molecule has 0 amide bonds. The van der Waals surface area contributed by atoms with Gasteiger partial charge in [0.1, 0.15) is 0 Å². The third kappa shape index (κ3) is 4.17. The first-order chi connectivity index (χ1) is 21.7. The van der Waals surface area contributed by atoms with Gasteiger partial charge in [0.2, 0.25) is 0 Å². The average molecular weight is 597 g/mol. The summed E-state index contributed by atoms with van der Waals surface area (Å²) >= 11 is 3.79. The summed E-state index contributed by atoms with van der Waals surface area (Å²) in [5, 5.41) is 7.70. The van der Waals surface area contributed by atoms with Crippen molar-refractivity contribution in [2.75, 3.05) is 0 Å². The van der Waals surface area contributed by atoms with E-state index in [9.17, 15) is 0 Å². The molecule has 0 fully saturated rings. The Labute approximate surface area is 264 Å². The Kier molecular flexibility index (Phi) is 5.94. The normalized spacial score (nSPS) is 12.8. The van der Waals surface area contributed by atoms with Crippen molar-refractivity contribution >= 4 is 76.5 Å². The van der Waals surface area contributed by atoms with Crippen molar-refractivity contribution < 1.29 is 0 Å². The summed E-state index contributed by atoms with van der Waals surface area (Å²) in [6, 6.07) is 43.4. The molecule has 0 unspecified atom stereocenters. The number of aryl methyl sites for hydroxylation is 1. The number of hydrogen-bond acceptors (Lipinski definition) is 2. The van der Waals surface area contributed by atoms with Crippen LogP contribution >= 0.6 is 22.7 Å². The first-order valence-corrected chi connectivity index (χ1v) is 16.8. The molecular weight excluding hydrogens is 569 g/mol. The van der Waals surface area contributed by atoms with Gasteiger partial charge in [-0.2, -0.15) is 0 Å². The van der Waals surface area contributed by atoms with Gasteiger partial charge in [-0.25, -0.2) is 0 Å². The molecule has 208 valence electrons. The quantitative estimate of drug-likeness (QED) is 0.178. The maximum absolute atomic E-state index is 2.45. The summed E-state index contributed by atoms with van der Waals surface area (Å²) in [6.45, 7) is 2.20. The molecule has 0 aliphatic heterocycles. The van der Waals surface area contributed by atoms with Gasteiger partial charge in [-0.1, -0.05) is 109 Å². The van der Waals surface area contributed by atoms with Crippen LogP contribution in [-0.4, -0.2) is 0 Å². The molecule has 0 bridgehead atoms. The van der Waals surface area contributed by atoms with Gasteiger partial charge in [-0.15, -0.1) is 22.7 Å². The van der Waals surface area contributed by atoms with Crippen LogP contribution in [-0.2, 0) is 0 Å². The van der Waals surface area contributed by atoms with Gasteiger partial charge in [0, 0.05) is 19.2 Å². The zero-order chi connectivity index (χ0) is 29.2. The van der Waals surface area contributed by atoms with Gasteiger partial charge in [0.15, 0.2) is 0 Å². The number of thiophene rings is 2. The van der Waals surface area contributed by atoms with E-state index in [2.05, 4.69) is 146 Å². The topological polar surface area (TPSA) is 0 Å². The molecule has 6 aromatic carbocycles. The van der Waals surface area contributed by atoms with Crippen molar-refractivity contribution in [3.8, 4) is 32.7 Å². The molecule has 8 aromatic rings. The zero-order valence-corrected chi connectivity index (χ0v) is 25.9. The summed E-state index contributed by atoms with van der Waals surface area (Å²) in [5.41, 5.74) is 8.96. The first kappa shape index (κ1) is 25.7. The second-order valence-corrected chi connectivity index (χ2v) is 14.1. The Morgan fingerprint density at radius 2 is 1.14 bits per heavy atom. The number of rotatable bonds is 3. The third-order valence-electron chi connectivity index (χ3n) is 8.92. The van der Waals surface area contributed by atoms with E-state index in [0.29, 0.717) is 0 Å². The lowest BCUT2D eigenvalue weighted by atomic mass is 9.84. The SMILES string of the molecule is Cc1cc2sc(-c3ccc4c(-c5ccc6ccccc6c5)c5ccccc5c(-c5ccc6c(c5)C=CCC=C6)c4c3)cc2s1. The molecule has 0 nitrogen and oxygen atoms in total. The smallest absolute Gasteiger partial charge is 0.0459 e. The van der Waals surface area contributed by atoms with Crippen LogP contribution in [0.5, 0.6) is 0 Å². The van der Waals surface area contributed by atoms with E-state index in [4.69, 9.17) is 0 Å². The molecule has 44 heavy (non-hydrogen) atoms. The third-order valence-corrected chi connectivity index (χ3v) is 11.2. The summed E-state index contributed by atoms with van der Waals surface area (Å²) in [5.74, 6) is 0. The highest BCUT2D eigenvalue weighted by Crippen LogP contribution is 2.47. The number of allylic oxidation sites excluding steroid dienone is 2. The predicted molar refractivity (Wildman–Crippen MR) is 196 cm³/mol. The van der Waals surface area contributed by atoms with Crippen molar-refractivity contribution in [3.05, 3.63) is 143 Å². The van der Waals surface area contributed by atoms with Crippen molar-refractivity contribution in [2.24, 2.45) is 0 Å². The highest BCUT2D eigenvalue weighted by Gasteiger charge is 2.19. The zero-order valence-electron chi connectivity index (χ0n) is 24.3. The van der Waals surface area contributed by atoms with Gasteiger partial charge < -0.3 is 0 Å². The van der Waals surface area contributed by atoms with E-state index in [-0.39, 0.29) is 0 Å². The molecule has 2 aromatic heterocycles. The lowest BCUT2D eigenvalue weighted by molar-refractivity contribution is 1.44. The van der Waals surface area contributed by atoms with Crippen LogP contribution in [0.15, 0.2) is 127 Å². The van der Waals surface area contributed by atoms with E-state index < -0.39 is 0 Å². The fourth-order valence-electron chi connectivity index (χ4n) is 6.89. The largest absolute Gasteiger partial charge is 0.140 e. The van der Waals surface area contributed by atoms with Crippen molar-refractivity contribution in [1.29, 1.82) is 0 Å². The van der Waals surface area contributed by atoms with Crippen molar-refractivity contribution in [2.45, 2.75) is 13.3 Å². The van der Waals surface area contributed by atoms with Crippen molar-refractivity contribution in [3.63, 3.8) is 0 Å². The highest BCUT2D eigenvalue weighted by molar-refractivity contribution is 7.29. The second-order valence-electron chi connectivity index (χ2n) is 11.7. The van der Waals surface area contributed by atoms with Gasteiger partial charge in [0.25, 0.3) is 0 Å². The molecule has 0 spiro atoms. The Morgan fingerprint density at radius 3 is 1.98 bits per heavy atom. The Balaban J connectivity index is 1.38. The molecule has 9 rings (SSSR count). The minimum absolute atomic E-state index is 0.970. The van der Waals surface area contributed by atoms with Crippen LogP contribution in [0.4, 0.5) is 0 Å². The van der Waals surface area contributed by atoms with E-state index in [1.807, 2.05) is 22.7 Å². The summed E-state index contributed by atoms with van der Waals surface area (Å²) in [4.78, 5) is 2.70. The van der Waals surface area contributed by atoms with Crippen LogP contribution < -0.4 is 0 Å². The molecule has 1 aliphatic carbocycles. The molecule has 0 N–H and O–H groups in total. The van der Waals surface area contributed by atoms with Crippen molar-refractivity contribution in [1.82, 2.24) is 0 Å². The molecule has 0 saturated heterocycles. The molecule has 0 radical (unpaired) electrons. The minimum Gasteiger partial charge on any atom is -0.140 e. The molecule has 0 saturated carbocycles. The monoisotopic (exact) mass is 596 g/mol. The fourth-order valence-corrected chi connectivity index (χ4v) is 9.20. The number of benzene rings is 6. The lowest BCUT2D eigenvalue weighted by Gasteiger charge is -2.19. The van der Waals surface area contributed by atoms with E-state index in [1.165, 1.54) is 90.4 Å². The van der Waals surface area contributed by atoms with E-state index in [1.54, 1.807) is 0 Å². The fraction of sp³-hybridized carbons (Fsp3) is 0.0476. The Morgan fingerprint density at radius 1 is 0.477 bits per heavy atom. The Bertz CT molecular complexity index is 2450. The highest BCUT2D eigenvalue weighted by atomic mass is 32.1. The molecule has 2 heterocycles. The maximum Gasteiger partial charge on any atom is 0.0459 e. The minimum atomic E-state index is 0.970.